The largest absolute Gasteiger partial charge is 0.488 e. The fraction of sp³-hybridized carbons (Fsp3) is 0.562. The lowest BCUT2D eigenvalue weighted by molar-refractivity contribution is 0.269. The van der Waals surface area contributed by atoms with Crippen molar-refractivity contribution in [2.24, 2.45) is 0 Å². The van der Waals surface area contributed by atoms with Crippen molar-refractivity contribution in [3.05, 3.63) is 29.8 Å². The van der Waals surface area contributed by atoms with Gasteiger partial charge in [0.15, 0.2) is 17.4 Å². The van der Waals surface area contributed by atoms with Crippen molar-refractivity contribution in [2.75, 3.05) is 13.2 Å². The van der Waals surface area contributed by atoms with Crippen LogP contribution in [0.5, 0.6) is 5.75 Å². The number of para-hydroxylation sites is 1. The average Bonchev–Trinajstić information content (AvgIpc) is 2.47. The lowest BCUT2D eigenvalue weighted by Gasteiger charge is -2.22. The third kappa shape index (κ3) is 5.68. The van der Waals surface area contributed by atoms with Gasteiger partial charge in [0.25, 0.3) is 0 Å². The molecule has 0 fully saturated rings. The Bertz CT molecular complexity index is 467. The summed E-state index contributed by atoms with van der Waals surface area (Å²) in [5.41, 5.74) is -0.556. The summed E-state index contributed by atoms with van der Waals surface area (Å²) in [7, 11) is 0. The van der Waals surface area contributed by atoms with Crippen LogP contribution in [0.3, 0.4) is 0 Å². The zero-order valence-electron chi connectivity index (χ0n) is 12.6. The summed E-state index contributed by atoms with van der Waals surface area (Å²) < 4.78 is 31.8. The van der Waals surface area contributed by atoms with Crippen LogP contribution < -0.4 is 10.1 Å². The Labute approximate surface area is 124 Å². The summed E-state index contributed by atoms with van der Waals surface area (Å²) in [6.07, 6.45) is 3.02. The second kappa shape index (κ2) is 8.58. The van der Waals surface area contributed by atoms with Crippen LogP contribution >= 0.6 is 0 Å². The van der Waals surface area contributed by atoms with Crippen molar-refractivity contribution >= 4 is 0 Å². The van der Waals surface area contributed by atoms with Gasteiger partial charge in [0, 0.05) is 0 Å². The summed E-state index contributed by atoms with van der Waals surface area (Å²) in [5.74, 6) is -1.72. The molecule has 0 bridgehead atoms. The summed E-state index contributed by atoms with van der Waals surface area (Å²) >= 11 is 0. The molecule has 0 heterocycles. The molecule has 1 atom stereocenters. The van der Waals surface area contributed by atoms with Crippen molar-refractivity contribution < 1.29 is 13.5 Å². The molecule has 0 amide bonds. The van der Waals surface area contributed by atoms with Crippen LogP contribution in [0, 0.1) is 23.0 Å². The van der Waals surface area contributed by atoms with E-state index in [-0.39, 0.29) is 12.4 Å². The molecule has 0 aliphatic rings. The Balaban J connectivity index is 2.33. The number of ether oxygens (including phenoxy) is 1. The number of benzene rings is 1. The molecule has 0 radical (unpaired) electrons. The van der Waals surface area contributed by atoms with Gasteiger partial charge in [-0.3, -0.25) is 5.32 Å². The molecule has 1 rings (SSSR count). The van der Waals surface area contributed by atoms with E-state index in [0.29, 0.717) is 12.8 Å². The molecule has 0 saturated carbocycles. The molecule has 1 N–H and O–H groups in total. The van der Waals surface area contributed by atoms with E-state index in [1.807, 2.05) is 13.8 Å². The van der Waals surface area contributed by atoms with Crippen LogP contribution in [0.4, 0.5) is 8.78 Å². The second-order valence-electron chi connectivity index (χ2n) is 5.23. The number of hydrogen-bond donors (Lipinski definition) is 1. The van der Waals surface area contributed by atoms with Crippen LogP contribution in [0.15, 0.2) is 18.2 Å². The molecule has 0 saturated heterocycles. The van der Waals surface area contributed by atoms with Gasteiger partial charge in [-0.05, 0) is 51.3 Å². The van der Waals surface area contributed by atoms with E-state index in [1.54, 1.807) is 0 Å². The molecule has 21 heavy (non-hydrogen) atoms. The standard InChI is InChI=1S/C16H22F2N2O/c1-3-10-20-16(2,12-19)9-4-5-11-21-15-13(17)7-6-8-14(15)18/h6-8,20H,3-5,9-11H2,1-2H3. The maximum absolute atomic E-state index is 13.3. The molecule has 5 heteroatoms. The Morgan fingerprint density at radius 3 is 2.52 bits per heavy atom. The highest BCUT2D eigenvalue weighted by Gasteiger charge is 2.21. The normalized spacial score (nSPS) is 13.5. The molecule has 0 aromatic heterocycles. The van der Waals surface area contributed by atoms with Gasteiger partial charge >= 0.3 is 0 Å². The SMILES string of the molecule is CCCNC(C)(C#N)CCCCOc1c(F)cccc1F. The van der Waals surface area contributed by atoms with E-state index in [9.17, 15) is 14.0 Å². The minimum absolute atomic E-state index is 0.229. The van der Waals surface area contributed by atoms with Crippen LogP contribution in [-0.4, -0.2) is 18.7 Å². The van der Waals surface area contributed by atoms with Gasteiger partial charge in [0.2, 0.25) is 0 Å². The number of halogens is 2. The first-order chi connectivity index (χ1) is 10.0. The molecule has 0 aliphatic carbocycles. The van der Waals surface area contributed by atoms with E-state index < -0.39 is 17.2 Å². The third-order valence-corrected chi connectivity index (χ3v) is 3.25. The smallest absolute Gasteiger partial charge is 0.190 e. The summed E-state index contributed by atoms with van der Waals surface area (Å²) in [4.78, 5) is 0. The molecule has 0 aliphatic heterocycles. The van der Waals surface area contributed by atoms with Gasteiger partial charge in [-0.15, -0.1) is 0 Å². The maximum Gasteiger partial charge on any atom is 0.190 e. The van der Waals surface area contributed by atoms with Gasteiger partial charge in [0.1, 0.15) is 5.54 Å². The monoisotopic (exact) mass is 296 g/mol. The van der Waals surface area contributed by atoms with Gasteiger partial charge in [-0.2, -0.15) is 5.26 Å². The number of nitriles is 1. The van der Waals surface area contributed by atoms with Crippen LogP contribution in [0.1, 0.15) is 39.5 Å². The fourth-order valence-corrected chi connectivity index (χ4v) is 1.96. The highest BCUT2D eigenvalue weighted by molar-refractivity contribution is 5.25. The Kier molecular flexibility index (Phi) is 7.10. The average molecular weight is 296 g/mol. The van der Waals surface area contributed by atoms with E-state index in [2.05, 4.69) is 11.4 Å². The maximum atomic E-state index is 13.3. The van der Waals surface area contributed by atoms with E-state index >= 15 is 0 Å². The molecule has 3 nitrogen and oxygen atoms in total. The Morgan fingerprint density at radius 1 is 1.29 bits per heavy atom. The van der Waals surface area contributed by atoms with E-state index in [1.165, 1.54) is 18.2 Å². The predicted molar refractivity (Wildman–Crippen MR) is 78.0 cm³/mol. The summed E-state index contributed by atoms with van der Waals surface area (Å²) in [5, 5.41) is 12.4. The molecule has 1 aromatic rings. The summed E-state index contributed by atoms with van der Waals surface area (Å²) in [6, 6.07) is 5.90. The third-order valence-electron chi connectivity index (χ3n) is 3.25. The van der Waals surface area contributed by atoms with Crippen molar-refractivity contribution in [2.45, 2.75) is 45.1 Å². The number of rotatable bonds is 9. The second-order valence-corrected chi connectivity index (χ2v) is 5.23. The topological polar surface area (TPSA) is 45.0 Å². The first-order valence-electron chi connectivity index (χ1n) is 7.25. The minimum atomic E-state index is -0.693. The molecule has 1 unspecified atom stereocenters. The Morgan fingerprint density at radius 2 is 1.95 bits per heavy atom. The zero-order chi connectivity index (χ0) is 15.7. The molecular formula is C16H22F2N2O. The molecule has 1 aromatic carbocycles. The lowest BCUT2D eigenvalue weighted by atomic mass is 9.96. The highest BCUT2D eigenvalue weighted by Crippen LogP contribution is 2.21. The number of nitrogens with zero attached hydrogens (tertiary/aromatic N) is 1. The van der Waals surface area contributed by atoms with Crippen LogP contribution in [0.25, 0.3) is 0 Å². The predicted octanol–water partition coefficient (Wildman–Crippen LogP) is 3.80. The fourth-order valence-electron chi connectivity index (χ4n) is 1.96. The minimum Gasteiger partial charge on any atom is -0.488 e. The van der Waals surface area contributed by atoms with E-state index in [0.717, 1.165) is 19.4 Å². The molecule has 0 spiro atoms. The van der Waals surface area contributed by atoms with Gasteiger partial charge < -0.3 is 4.74 Å². The van der Waals surface area contributed by atoms with Gasteiger partial charge in [-0.25, -0.2) is 8.78 Å². The molecule has 116 valence electrons. The number of unbranched alkanes of at least 4 members (excludes halogenated alkanes) is 1. The lowest BCUT2D eigenvalue weighted by Crippen LogP contribution is -2.41. The number of nitrogens with one attached hydrogen (secondary N) is 1. The van der Waals surface area contributed by atoms with Crippen LogP contribution in [0.2, 0.25) is 0 Å². The van der Waals surface area contributed by atoms with Gasteiger partial charge in [-0.1, -0.05) is 13.0 Å². The van der Waals surface area contributed by atoms with Crippen LogP contribution in [-0.2, 0) is 0 Å². The van der Waals surface area contributed by atoms with Gasteiger partial charge in [0.05, 0.1) is 12.7 Å². The quantitative estimate of drug-likeness (QED) is 0.705. The highest BCUT2D eigenvalue weighted by atomic mass is 19.1. The van der Waals surface area contributed by atoms with E-state index in [4.69, 9.17) is 4.74 Å². The molecular weight excluding hydrogens is 274 g/mol. The first kappa shape index (κ1) is 17.4. The van der Waals surface area contributed by atoms with Crippen molar-refractivity contribution in [1.82, 2.24) is 5.32 Å². The van der Waals surface area contributed by atoms with Crippen molar-refractivity contribution in [3.8, 4) is 11.8 Å². The van der Waals surface area contributed by atoms with Crippen molar-refractivity contribution in [1.29, 1.82) is 5.26 Å². The summed E-state index contributed by atoms with van der Waals surface area (Å²) in [6.45, 7) is 4.93. The first-order valence-corrected chi connectivity index (χ1v) is 7.25. The Hall–Kier alpha value is -1.67. The zero-order valence-corrected chi connectivity index (χ0v) is 12.6. The number of hydrogen-bond acceptors (Lipinski definition) is 3. The van der Waals surface area contributed by atoms with Crippen molar-refractivity contribution in [3.63, 3.8) is 0 Å².